The molecule has 7 heteroatoms. The molecule has 0 amide bonds. The van der Waals surface area contributed by atoms with E-state index in [-0.39, 0.29) is 37.8 Å². The number of phosphoric acid groups is 1. The molecule has 0 fully saturated rings. The molecule has 0 aromatic heterocycles. The van der Waals surface area contributed by atoms with Gasteiger partial charge in [0, 0.05) is 0 Å². The maximum Gasteiger partial charge on any atom is 2.00 e. The summed E-state index contributed by atoms with van der Waals surface area (Å²) in [6, 6.07) is 0. The van der Waals surface area contributed by atoms with Crippen LogP contribution in [-0.4, -0.2) is 0 Å². The van der Waals surface area contributed by atoms with Crippen molar-refractivity contribution in [2.75, 3.05) is 0 Å². The maximum absolute atomic E-state index is 8.55. The molecule has 0 saturated heterocycles. The SMILES string of the molecule is O=P([O-])([O-])[O-].[Co+2].[W+2]. The Morgan fingerprint density at radius 3 is 1.14 bits per heavy atom. The number of hydrogen-bond acceptors (Lipinski definition) is 4. The molecule has 0 saturated carbocycles. The van der Waals surface area contributed by atoms with Crippen molar-refractivity contribution in [3.63, 3.8) is 0 Å². The van der Waals surface area contributed by atoms with Crippen molar-refractivity contribution >= 4 is 7.82 Å². The quantitative estimate of drug-likeness (QED) is 0.446. The first-order valence-corrected chi connectivity index (χ1v) is 2.19. The van der Waals surface area contributed by atoms with Gasteiger partial charge in [0.2, 0.25) is 0 Å². The van der Waals surface area contributed by atoms with Gasteiger partial charge >= 0.3 is 37.8 Å². The van der Waals surface area contributed by atoms with Gasteiger partial charge in [-0.2, -0.15) is 7.82 Å². The van der Waals surface area contributed by atoms with Gasteiger partial charge < -0.3 is 19.2 Å². The molecule has 0 rings (SSSR count). The molecule has 0 bridgehead atoms. The summed E-state index contributed by atoms with van der Waals surface area (Å²) in [5.74, 6) is 0. The van der Waals surface area contributed by atoms with Crippen LogP contribution in [0.4, 0.5) is 0 Å². The Kier molecular flexibility index (Phi) is 12.2. The average Bonchev–Trinajstić information content (AvgIpc) is 0.722. The molecule has 0 aliphatic carbocycles. The Morgan fingerprint density at radius 1 is 1.14 bits per heavy atom. The van der Waals surface area contributed by atoms with Crippen molar-refractivity contribution in [3.05, 3.63) is 0 Å². The first kappa shape index (κ1) is 15.7. The van der Waals surface area contributed by atoms with Gasteiger partial charge in [-0.05, 0) is 0 Å². The van der Waals surface area contributed by atoms with Crippen LogP contribution in [0, 0.1) is 0 Å². The first-order valence-electron chi connectivity index (χ1n) is 0.730. The van der Waals surface area contributed by atoms with Gasteiger partial charge in [-0.25, -0.2) is 0 Å². The Morgan fingerprint density at radius 2 is 1.14 bits per heavy atom. The first-order chi connectivity index (χ1) is 2.00. The van der Waals surface area contributed by atoms with E-state index in [1.54, 1.807) is 0 Å². The van der Waals surface area contributed by atoms with Crippen LogP contribution in [0.3, 0.4) is 0 Å². The molecule has 0 spiro atoms. The third-order valence-electron chi connectivity index (χ3n) is 0. The zero-order chi connectivity index (χ0) is 4.50. The van der Waals surface area contributed by atoms with Gasteiger partial charge in [0.1, 0.15) is 0 Å². The van der Waals surface area contributed by atoms with Crippen LogP contribution in [0.5, 0.6) is 0 Å². The van der Waals surface area contributed by atoms with Gasteiger partial charge in [-0.3, -0.25) is 0 Å². The molecule has 0 N–H and O–H groups in total. The second-order valence-electron chi connectivity index (χ2n) is 0.447. The van der Waals surface area contributed by atoms with E-state index in [1.807, 2.05) is 0 Å². The van der Waals surface area contributed by atoms with Crippen LogP contribution in [0.1, 0.15) is 0 Å². The predicted molar refractivity (Wildman–Crippen MR) is 7.61 cm³/mol. The van der Waals surface area contributed by atoms with Crippen LogP contribution in [0.15, 0.2) is 0 Å². The molecule has 0 aromatic carbocycles. The van der Waals surface area contributed by atoms with Crippen molar-refractivity contribution in [2.24, 2.45) is 0 Å². The molecule has 0 aromatic rings. The van der Waals surface area contributed by atoms with Gasteiger partial charge in [0.05, 0.1) is 0 Å². The fraction of sp³-hybridized carbons (Fsp3) is 0. The minimum atomic E-state index is -5.39. The molecule has 43 valence electrons. The van der Waals surface area contributed by atoms with Crippen LogP contribution in [0.2, 0.25) is 0 Å². The molecule has 1 radical (unpaired) electrons. The fourth-order valence-corrected chi connectivity index (χ4v) is 0. The minimum absolute atomic E-state index is 0. The summed E-state index contributed by atoms with van der Waals surface area (Å²) in [6.07, 6.45) is 0. The topological polar surface area (TPSA) is 86.2 Å². The summed E-state index contributed by atoms with van der Waals surface area (Å²) in [4.78, 5) is 25.6. The number of rotatable bonds is 0. The van der Waals surface area contributed by atoms with Crippen LogP contribution < -0.4 is 14.7 Å². The summed E-state index contributed by atoms with van der Waals surface area (Å²) >= 11 is 0. The van der Waals surface area contributed by atoms with Crippen LogP contribution >= 0.6 is 7.82 Å². The minimum Gasteiger partial charge on any atom is -0.822 e. The molecular weight excluding hydrogens is 338 g/mol. The van der Waals surface area contributed by atoms with E-state index in [9.17, 15) is 0 Å². The summed E-state index contributed by atoms with van der Waals surface area (Å²) < 4.78 is 8.55. The standard InChI is InChI=1S/Co.H3O4P.W/c;1-5(2,3)4;/h;(H3,1,2,3,4);/q+2;;+2/p-3. The summed E-state index contributed by atoms with van der Waals surface area (Å²) in [6.45, 7) is 0. The van der Waals surface area contributed by atoms with Crippen LogP contribution in [-0.2, 0) is 42.4 Å². The van der Waals surface area contributed by atoms with Crippen molar-refractivity contribution in [3.8, 4) is 0 Å². The Balaban J connectivity index is -0.0000000800. The van der Waals surface area contributed by atoms with E-state index in [2.05, 4.69) is 0 Å². The Bertz CT molecular complexity index is 57.8. The monoisotopic (exact) mass is 338 g/mol. The summed E-state index contributed by atoms with van der Waals surface area (Å²) in [5, 5.41) is 0. The van der Waals surface area contributed by atoms with E-state index in [1.165, 1.54) is 0 Å². The smallest absolute Gasteiger partial charge is 0.822 e. The van der Waals surface area contributed by atoms with Crippen molar-refractivity contribution in [1.82, 2.24) is 0 Å². The zero-order valence-electron chi connectivity index (χ0n) is 2.82. The second-order valence-corrected chi connectivity index (χ2v) is 1.34. The molecule has 7 heavy (non-hydrogen) atoms. The molecule has 0 aliphatic heterocycles. The summed E-state index contributed by atoms with van der Waals surface area (Å²) in [7, 11) is -5.39. The maximum atomic E-state index is 8.55. The molecule has 4 nitrogen and oxygen atoms in total. The third kappa shape index (κ3) is 121. The van der Waals surface area contributed by atoms with Crippen molar-refractivity contribution < 1.29 is 57.1 Å². The molecule has 0 aliphatic rings. The molecule has 0 unspecified atom stereocenters. The normalized spacial score (nSPS) is 8.43. The third-order valence-corrected chi connectivity index (χ3v) is 0. The molecule has 0 atom stereocenters. The van der Waals surface area contributed by atoms with Gasteiger partial charge in [0.15, 0.2) is 0 Å². The zero-order valence-corrected chi connectivity index (χ0v) is 7.69. The summed E-state index contributed by atoms with van der Waals surface area (Å²) in [5.41, 5.74) is 0. The van der Waals surface area contributed by atoms with E-state index in [0.29, 0.717) is 0 Å². The van der Waals surface area contributed by atoms with Gasteiger partial charge in [-0.1, -0.05) is 0 Å². The van der Waals surface area contributed by atoms with Crippen molar-refractivity contribution in [1.29, 1.82) is 0 Å². The Hall–Kier alpha value is 1.30. The average molecular weight is 338 g/mol. The predicted octanol–water partition coefficient (Wildman–Crippen LogP) is -2.83. The second kappa shape index (κ2) is 5.44. The van der Waals surface area contributed by atoms with Crippen LogP contribution in [0.25, 0.3) is 0 Å². The van der Waals surface area contributed by atoms with Gasteiger partial charge in [-0.15, -0.1) is 0 Å². The van der Waals surface area contributed by atoms with E-state index >= 15 is 0 Å². The Labute approximate surface area is 65.0 Å². The van der Waals surface area contributed by atoms with E-state index < -0.39 is 7.82 Å². The van der Waals surface area contributed by atoms with E-state index in [4.69, 9.17) is 19.2 Å². The van der Waals surface area contributed by atoms with E-state index in [0.717, 1.165) is 0 Å². The van der Waals surface area contributed by atoms with Crippen molar-refractivity contribution in [2.45, 2.75) is 0 Å². The number of hydrogen-bond donors (Lipinski definition) is 0. The molecule has 0 heterocycles. The largest absolute Gasteiger partial charge is 2.00 e. The van der Waals surface area contributed by atoms with Gasteiger partial charge in [0.25, 0.3) is 0 Å². The fourth-order valence-electron chi connectivity index (χ4n) is 0. The molecular formula is CoO4PW+.